The van der Waals surface area contributed by atoms with Crippen molar-refractivity contribution in [1.29, 1.82) is 0 Å². The first-order valence-corrected chi connectivity index (χ1v) is 9.04. The van der Waals surface area contributed by atoms with Gasteiger partial charge in [0.1, 0.15) is 11.5 Å². The highest BCUT2D eigenvalue weighted by Gasteiger charge is 2.15. The largest absolute Gasteiger partial charge is 0.493 e. The number of carbonyl (C=O) groups excluding carboxylic acids is 1. The fourth-order valence-electron chi connectivity index (χ4n) is 2.86. The Balaban J connectivity index is 1.65. The molecule has 6 nitrogen and oxygen atoms in total. The summed E-state index contributed by atoms with van der Waals surface area (Å²) in [7, 11) is 4.62. The lowest BCUT2D eigenvalue weighted by molar-refractivity contribution is -0.115. The Kier molecular flexibility index (Phi) is 6.58. The molecule has 0 aliphatic carbocycles. The van der Waals surface area contributed by atoms with Crippen LogP contribution >= 0.6 is 0 Å². The van der Waals surface area contributed by atoms with Gasteiger partial charge < -0.3 is 24.3 Å². The quantitative estimate of drug-likeness (QED) is 0.602. The fourth-order valence-corrected chi connectivity index (χ4v) is 2.86. The zero-order valence-corrected chi connectivity index (χ0v) is 16.6. The van der Waals surface area contributed by atoms with Crippen LogP contribution in [0.5, 0.6) is 28.7 Å². The Morgan fingerprint density at radius 3 is 1.93 bits per heavy atom. The predicted molar refractivity (Wildman–Crippen MR) is 111 cm³/mol. The Bertz CT molecular complexity index is 930. The molecule has 0 fully saturated rings. The number of para-hydroxylation sites is 1. The maximum Gasteiger partial charge on any atom is 0.228 e. The van der Waals surface area contributed by atoms with Crippen molar-refractivity contribution in [2.75, 3.05) is 26.6 Å². The SMILES string of the molecule is COc1cc(CC(=O)Nc2ccc(Oc3ccccc3)cc2)cc(OC)c1OC. The molecule has 0 aromatic heterocycles. The smallest absolute Gasteiger partial charge is 0.228 e. The van der Waals surface area contributed by atoms with Gasteiger partial charge in [0.05, 0.1) is 27.8 Å². The first-order valence-electron chi connectivity index (χ1n) is 9.04. The number of rotatable bonds is 8. The number of ether oxygens (including phenoxy) is 4. The molecule has 0 aliphatic rings. The maximum absolute atomic E-state index is 12.5. The summed E-state index contributed by atoms with van der Waals surface area (Å²) in [6, 6.07) is 20.2. The van der Waals surface area contributed by atoms with Crippen LogP contribution in [-0.2, 0) is 11.2 Å². The molecule has 29 heavy (non-hydrogen) atoms. The van der Waals surface area contributed by atoms with E-state index >= 15 is 0 Å². The van der Waals surface area contributed by atoms with Gasteiger partial charge in [0.25, 0.3) is 0 Å². The summed E-state index contributed by atoms with van der Waals surface area (Å²) in [6.45, 7) is 0. The van der Waals surface area contributed by atoms with Crippen molar-refractivity contribution in [2.24, 2.45) is 0 Å². The molecule has 6 heteroatoms. The van der Waals surface area contributed by atoms with Crippen molar-refractivity contribution in [3.05, 3.63) is 72.3 Å². The summed E-state index contributed by atoms with van der Waals surface area (Å²) >= 11 is 0. The Hall–Kier alpha value is -3.67. The molecule has 1 amide bonds. The van der Waals surface area contributed by atoms with Gasteiger partial charge >= 0.3 is 0 Å². The van der Waals surface area contributed by atoms with E-state index in [2.05, 4.69) is 5.32 Å². The monoisotopic (exact) mass is 393 g/mol. The third kappa shape index (κ3) is 5.19. The molecule has 0 heterocycles. The molecule has 1 N–H and O–H groups in total. The van der Waals surface area contributed by atoms with Crippen LogP contribution in [0, 0.1) is 0 Å². The molecular weight excluding hydrogens is 370 g/mol. The molecule has 0 saturated carbocycles. The minimum atomic E-state index is -0.156. The van der Waals surface area contributed by atoms with Crippen LogP contribution in [0.15, 0.2) is 66.7 Å². The second-order valence-electron chi connectivity index (χ2n) is 6.20. The zero-order valence-electron chi connectivity index (χ0n) is 16.6. The van der Waals surface area contributed by atoms with Crippen molar-refractivity contribution < 1.29 is 23.7 Å². The lowest BCUT2D eigenvalue weighted by Gasteiger charge is -2.14. The number of anilines is 1. The minimum Gasteiger partial charge on any atom is -0.493 e. The highest BCUT2D eigenvalue weighted by molar-refractivity contribution is 5.92. The number of methoxy groups -OCH3 is 3. The van der Waals surface area contributed by atoms with Crippen molar-refractivity contribution in [2.45, 2.75) is 6.42 Å². The summed E-state index contributed by atoms with van der Waals surface area (Å²) in [5.74, 6) is 2.81. The van der Waals surface area contributed by atoms with Gasteiger partial charge in [-0.25, -0.2) is 0 Å². The zero-order chi connectivity index (χ0) is 20.6. The van der Waals surface area contributed by atoms with Gasteiger partial charge in [-0.2, -0.15) is 0 Å². The van der Waals surface area contributed by atoms with Gasteiger partial charge in [-0.3, -0.25) is 4.79 Å². The molecule has 0 unspecified atom stereocenters. The maximum atomic E-state index is 12.5. The van der Waals surface area contributed by atoms with E-state index in [0.29, 0.717) is 28.7 Å². The van der Waals surface area contributed by atoms with Gasteiger partial charge in [-0.1, -0.05) is 18.2 Å². The lowest BCUT2D eigenvalue weighted by Crippen LogP contribution is -2.14. The summed E-state index contributed by atoms with van der Waals surface area (Å²) in [6.07, 6.45) is 0.166. The van der Waals surface area contributed by atoms with E-state index in [1.807, 2.05) is 42.5 Å². The number of carbonyl (C=O) groups is 1. The molecule has 0 atom stereocenters. The standard InChI is InChI=1S/C23H23NO5/c1-26-20-13-16(14-21(27-2)23(20)28-3)15-22(25)24-17-9-11-19(12-10-17)29-18-7-5-4-6-8-18/h4-14H,15H2,1-3H3,(H,24,25). The van der Waals surface area contributed by atoms with Gasteiger partial charge in [0.2, 0.25) is 11.7 Å². The first-order chi connectivity index (χ1) is 14.1. The summed E-state index contributed by atoms with van der Waals surface area (Å²) < 4.78 is 21.7. The first kappa shape index (κ1) is 20.1. The van der Waals surface area contributed by atoms with Gasteiger partial charge in [0.15, 0.2) is 11.5 Å². The van der Waals surface area contributed by atoms with E-state index in [1.54, 1.807) is 38.5 Å². The van der Waals surface area contributed by atoms with Gasteiger partial charge in [-0.05, 0) is 54.1 Å². The lowest BCUT2D eigenvalue weighted by atomic mass is 10.1. The normalized spacial score (nSPS) is 10.2. The number of hydrogen-bond acceptors (Lipinski definition) is 5. The number of hydrogen-bond donors (Lipinski definition) is 1. The molecule has 0 bridgehead atoms. The van der Waals surface area contributed by atoms with E-state index in [9.17, 15) is 4.79 Å². The van der Waals surface area contributed by atoms with Crippen molar-refractivity contribution in [3.8, 4) is 28.7 Å². The average molecular weight is 393 g/mol. The van der Waals surface area contributed by atoms with Crippen LogP contribution in [0.4, 0.5) is 5.69 Å². The highest BCUT2D eigenvalue weighted by Crippen LogP contribution is 2.38. The summed E-state index contributed by atoms with van der Waals surface area (Å²) in [4.78, 5) is 12.5. The van der Waals surface area contributed by atoms with Crippen LogP contribution in [-0.4, -0.2) is 27.2 Å². The second-order valence-corrected chi connectivity index (χ2v) is 6.20. The fraction of sp³-hybridized carbons (Fsp3) is 0.174. The van der Waals surface area contributed by atoms with Crippen LogP contribution in [0.3, 0.4) is 0 Å². The van der Waals surface area contributed by atoms with E-state index in [-0.39, 0.29) is 12.3 Å². The molecule has 3 aromatic carbocycles. The minimum absolute atomic E-state index is 0.156. The predicted octanol–water partition coefficient (Wildman–Crippen LogP) is 4.69. The Morgan fingerprint density at radius 1 is 0.793 bits per heavy atom. The molecule has 3 rings (SSSR count). The van der Waals surface area contributed by atoms with Crippen LogP contribution in [0.1, 0.15) is 5.56 Å². The van der Waals surface area contributed by atoms with Crippen LogP contribution in [0.2, 0.25) is 0 Å². The summed E-state index contributed by atoms with van der Waals surface area (Å²) in [5, 5.41) is 2.88. The van der Waals surface area contributed by atoms with Crippen molar-refractivity contribution >= 4 is 11.6 Å². The van der Waals surface area contributed by atoms with Gasteiger partial charge in [-0.15, -0.1) is 0 Å². The van der Waals surface area contributed by atoms with E-state index in [0.717, 1.165) is 11.3 Å². The molecule has 3 aromatic rings. The molecule has 150 valence electrons. The van der Waals surface area contributed by atoms with E-state index in [4.69, 9.17) is 18.9 Å². The van der Waals surface area contributed by atoms with Crippen LogP contribution in [0.25, 0.3) is 0 Å². The van der Waals surface area contributed by atoms with Gasteiger partial charge in [0, 0.05) is 5.69 Å². The molecule has 0 saturated heterocycles. The number of amides is 1. The van der Waals surface area contributed by atoms with Crippen molar-refractivity contribution in [3.63, 3.8) is 0 Å². The van der Waals surface area contributed by atoms with E-state index < -0.39 is 0 Å². The molecule has 0 aliphatic heterocycles. The third-order valence-corrected chi connectivity index (χ3v) is 4.21. The molecule has 0 radical (unpaired) electrons. The Morgan fingerprint density at radius 2 is 1.38 bits per heavy atom. The second kappa shape index (κ2) is 9.50. The molecular formula is C23H23NO5. The van der Waals surface area contributed by atoms with E-state index in [1.165, 1.54) is 7.11 Å². The summed E-state index contributed by atoms with van der Waals surface area (Å²) in [5.41, 5.74) is 1.43. The molecule has 0 spiro atoms. The Labute approximate surface area is 170 Å². The highest BCUT2D eigenvalue weighted by atomic mass is 16.5. The third-order valence-electron chi connectivity index (χ3n) is 4.21. The topological polar surface area (TPSA) is 66.0 Å². The van der Waals surface area contributed by atoms with Crippen molar-refractivity contribution in [1.82, 2.24) is 0 Å². The average Bonchev–Trinajstić information content (AvgIpc) is 2.75. The number of nitrogens with one attached hydrogen (secondary N) is 1. The van der Waals surface area contributed by atoms with Crippen LogP contribution < -0.4 is 24.3 Å². The number of benzene rings is 3.